The lowest BCUT2D eigenvalue weighted by molar-refractivity contribution is 0.0940. The first kappa shape index (κ1) is 22.8. The Morgan fingerprint density at radius 3 is 2.43 bits per heavy atom. The van der Waals surface area contributed by atoms with Gasteiger partial charge in [-0.3, -0.25) is 4.90 Å². The number of hydrogen-bond acceptors (Lipinski definition) is 4. The third-order valence-electron chi connectivity index (χ3n) is 5.68. The number of hydrogen-bond donors (Lipinski definition) is 1. The van der Waals surface area contributed by atoms with Crippen molar-refractivity contribution in [1.29, 1.82) is 0 Å². The Balaban J connectivity index is 0.00000280. The van der Waals surface area contributed by atoms with Crippen molar-refractivity contribution in [3.8, 4) is 17.0 Å². The highest BCUT2D eigenvalue weighted by Crippen LogP contribution is 2.33. The van der Waals surface area contributed by atoms with Crippen molar-refractivity contribution in [2.75, 3.05) is 12.9 Å². The number of aromatic amines is 1. The highest BCUT2D eigenvalue weighted by molar-refractivity contribution is 7.91. The summed E-state index contributed by atoms with van der Waals surface area (Å²) in [6.07, 6.45) is 3.77. The number of nitrogens with one attached hydrogen (secondary N) is 1. The lowest BCUT2D eigenvalue weighted by Crippen LogP contribution is -2.43. The molecule has 1 aliphatic rings. The topological polar surface area (TPSA) is 62.4 Å². The number of piperidine rings is 1. The first-order chi connectivity index (χ1) is 12.9. The summed E-state index contributed by atoms with van der Waals surface area (Å²) in [5, 5.41) is 0. The summed E-state index contributed by atoms with van der Waals surface area (Å²) in [6.45, 7) is 7.12. The molecule has 0 saturated carbocycles. The number of likely N-dealkylation sites (tertiary alicyclic amines) is 1. The Hall–Kier alpha value is -1.50. The molecule has 0 radical (unpaired) electrons. The SMILES string of the molecule is CCS(=O)(=O)c1ccc(OC)c(-c2ccc(CN3C(C)CCCC3C)[nH]2)c1.Cl. The molecule has 5 nitrogen and oxygen atoms in total. The zero-order valence-electron chi connectivity index (χ0n) is 17.1. The molecule has 0 spiro atoms. The minimum Gasteiger partial charge on any atom is -0.496 e. The van der Waals surface area contributed by atoms with Crippen molar-refractivity contribution in [3.05, 3.63) is 36.0 Å². The van der Waals surface area contributed by atoms with Gasteiger partial charge in [0.15, 0.2) is 9.84 Å². The van der Waals surface area contributed by atoms with Crippen molar-refractivity contribution in [3.63, 3.8) is 0 Å². The van der Waals surface area contributed by atoms with Crippen LogP contribution in [0.3, 0.4) is 0 Å². The summed E-state index contributed by atoms with van der Waals surface area (Å²) in [5.74, 6) is 0.748. The van der Waals surface area contributed by atoms with Crippen molar-refractivity contribution in [1.82, 2.24) is 9.88 Å². The molecule has 3 rings (SSSR count). The first-order valence-electron chi connectivity index (χ1n) is 9.70. The van der Waals surface area contributed by atoms with Crippen LogP contribution in [-0.4, -0.2) is 43.2 Å². The molecular weight excluding hydrogens is 396 g/mol. The fraction of sp³-hybridized carbons (Fsp3) is 0.524. The number of benzene rings is 1. The molecule has 2 aromatic rings. The standard InChI is InChI=1S/C21H30N2O3S.ClH/c1-5-27(24,25)18-10-12-21(26-4)19(13-18)20-11-9-17(22-20)14-23-15(2)7-6-8-16(23)3;/h9-13,15-16,22H,5-8,14H2,1-4H3;1H. The minimum atomic E-state index is -3.26. The van der Waals surface area contributed by atoms with Crippen LogP contribution in [0.25, 0.3) is 11.3 Å². The molecule has 0 aliphatic carbocycles. The average Bonchev–Trinajstić information content (AvgIpc) is 3.13. The predicted octanol–water partition coefficient (Wildman–Crippen LogP) is 4.67. The molecule has 2 heterocycles. The molecule has 1 saturated heterocycles. The van der Waals surface area contributed by atoms with Gasteiger partial charge in [-0.05, 0) is 57.0 Å². The fourth-order valence-electron chi connectivity index (χ4n) is 3.93. The normalized spacial score (nSPS) is 20.6. The van der Waals surface area contributed by atoms with Gasteiger partial charge in [0.1, 0.15) is 5.75 Å². The van der Waals surface area contributed by atoms with Crippen molar-refractivity contribution in [2.24, 2.45) is 0 Å². The number of halogens is 1. The van der Waals surface area contributed by atoms with E-state index in [1.165, 1.54) is 19.3 Å². The Kier molecular flexibility index (Phi) is 7.59. The second-order valence-corrected chi connectivity index (χ2v) is 9.74. The zero-order valence-corrected chi connectivity index (χ0v) is 18.7. The van der Waals surface area contributed by atoms with E-state index >= 15 is 0 Å². The van der Waals surface area contributed by atoms with Crippen LogP contribution < -0.4 is 4.74 Å². The van der Waals surface area contributed by atoms with Crippen molar-refractivity contribution >= 4 is 22.2 Å². The van der Waals surface area contributed by atoms with Gasteiger partial charge in [-0.15, -0.1) is 12.4 Å². The first-order valence-corrected chi connectivity index (χ1v) is 11.4. The van der Waals surface area contributed by atoms with Crippen LogP contribution in [0.4, 0.5) is 0 Å². The number of H-pyrrole nitrogens is 1. The van der Waals surface area contributed by atoms with E-state index in [2.05, 4.69) is 29.8 Å². The molecule has 1 aromatic carbocycles. The maximum atomic E-state index is 12.3. The highest BCUT2D eigenvalue weighted by atomic mass is 35.5. The lowest BCUT2D eigenvalue weighted by Gasteiger charge is -2.38. The Morgan fingerprint density at radius 1 is 1.14 bits per heavy atom. The minimum absolute atomic E-state index is 0. The summed E-state index contributed by atoms with van der Waals surface area (Å²) in [6, 6.07) is 10.3. The van der Waals surface area contributed by atoms with Crippen LogP contribution in [-0.2, 0) is 16.4 Å². The maximum absolute atomic E-state index is 12.3. The van der Waals surface area contributed by atoms with Crippen molar-refractivity contribution < 1.29 is 13.2 Å². The monoisotopic (exact) mass is 426 g/mol. The van der Waals surface area contributed by atoms with E-state index in [4.69, 9.17) is 4.74 Å². The van der Waals surface area contributed by atoms with Crippen LogP contribution in [0.15, 0.2) is 35.2 Å². The Labute approximate surface area is 174 Å². The molecule has 7 heteroatoms. The number of aromatic nitrogens is 1. The second kappa shape index (κ2) is 9.33. The summed E-state index contributed by atoms with van der Waals surface area (Å²) in [4.78, 5) is 6.34. The third-order valence-corrected chi connectivity index (χ3v) is 7.41. The number of nitrogens with zero attached hydrogens (tertiary/aromatic N) is 1. The van der Waals surface area contributed by atoms with Gasteiger partial charge in [0.25, 0.3) is 0 Å². The van der Waals surface area contributed by atoms with Gasteiger partial charge in [0.05, 0.1) is 17.8 Å². The molecule has 1 fully saturated rings. The summed E-state index contributed by atoms with van der Waals surface area (Å²) in [7, 11) is -1.66. The number of ether oxygens (including phenoxy) is 1. The smallest absolute Gasteiger partial charge is 0.178 e. The van der Waals surface area contributed by atoms with Crippen LogP contribution in [0.1, 0.15) is 45.7 Å². The lowest BCUT2D eigenvalue weighted by atomic mass is 9.97. The molecule has 1 aliphatic heterocycles. The van der Waals surface area contributed by atoms with Gasteiger partial charge >= 0.3 is 0 Å². The third kappa shape index (κ3) is 4.73. The Bertz CT molecular complexity index is 885. The van der Waals surface area contributed by atoms with Gasteiger partial charge in [0.2, 0.25) is 0 Å². The van der Waals surface area contributed by atoms with Gasteiger partial charge in [0, 0.05) is 35.6 Å². The van der Waals surface area contributed by atoms with E-state index in [9.17, 15) is 8.42 Å². The molecule has 1 N–H and O–H groups in total. The number of methoxy groups -OCH3 is 1. The molecule has 28 heavy (non-hydrogen) atoms. The maximum Gasteiger partial charge on any atom is 0.178 e. The quantitative estimate of drug-likeness (QED) is 0.729. The summed E-state index contributed by atoms with van der Waals surface area (Å²) in [5.41, 5.74) is 2.79. The van der Waals surface area contributed by atoms with E-state index < -0.39 is 9.84 Å². The number of sulfone groups is 1. The van der Waals surface area contributed by atoms with Crippen molar-refractivity contribution in [2.45, 2.75) is 63.6 Å². The highest BCUT2D eigenvalue weighted by Gasteiger charge is 2.25. The Morgan fingerprint density at radius 2 is 1.82 bits per heavy atom. The summed E-state index contributed by atoms with van der Waals surface area (Å²) < 4.78 is 30.0. The van der Waals surface area contributed by atoms with Gasteiger partial charge in [-0.2, -0.15) is 0 Å². The average molecular weight is 427 g/mol. The molecule has 2 atom stereocenters. The zero-order chi connectivity index (χ0) is 19.6. The number of rotatable bonds is 6. The molecule has 2 unspecified atom stereocenters. The summed E-state index contributed by atoms with van der Waals surface area (Å²) >= 11 is 0. The van der Waals surface area contributed by atoms with E-state index in [1.807, 2.05) is 6.07 Å². The molecule has 0 bridgehead atoms. The molecule has 0 amide bonds. The fourth-order valence-corrected chi connectivity index (χ4v) is 4.84. The van der Waals surface area contributed by atoms with Crippen LogP contribution in [0.5, 0.6) is 5.75 Å². The van der Waals surface area contributed by atoms with E-state index in [1.54, 1.807) is 32.2 Å². The van der Waals surface area contributed by atoms with E-state index in [-0.39, 0.29) is 18.2 Å². The molecular formula is C21H31ClN2O3S. The van der Waals surface area contributed by atoms with Gasteiger partial charge in [-0.25, -0.2) is 8.42 Å². The van der Waals surface area contributed by atoms with Gasteiger partial charge < -0.3 is 9.72 Å². The van der Waals surface area contributed by atoms with E-state index in [0.717, 1.165) is 23.5 Å². The van der Waals surface area contributed by atoms with Crippen LogP contribution in [0.2, 0.25) is 0 Å². The predicted molar refractivity (Wildman–Crippen MR) is 116 cm³/mol. The molecule has 1 aromatic heterocycles. The van der Waals surface area contributed by atoms with Gasteiger partial charge in [-0.1, -0.05) is 13.3 Å². The second-order valence-electron chi connectivity index (χ2n) is 7.46. The van der Waals surface area contributed by atoms with Crippen LogP contribution in [0, 0.1) is 0 Å². The van der Waals surface area contributed by atoms with E-state index in [0.29, 0.717) is 22.7 Å². The largest absolute Gasteiger partial charge is 0.496 e. The van der Waals surface area contributed by atoms with Crippen LogP contribution >= 0.6 is 12.4 Å². The molecule has 156 valence electrons.